The van der Waals surface area contributed by atoms with Crippen LogP contribution in [0.3, 0.4) is 0 Å². The fraction of sp³-hybridized carbons (Fsp3) is 0. The first-order valence-corrected chi connectivity index (χ1v) is 6.92. The Balaban J connectivity index is 2.64. The van der Waals surface area contributed by atoms with Crippen molar-refractivity contribution in [2.75, 3.05) is 0 Å². The van der Waals surface area contributed by atoms with Gasteiger partial charge >= 0.3 is 0 Å². The lowest BCUT2D eigenvalue weighted by Gasteiger charge is -2.17. The number of hydrogen-bond acceptors (Lipinski definition) is 2. The maximum absolute atomic E-state index is 13.0. The molecular formula is C13H13N2OP. The Kier molecular flexibility index (Phi) is 3.12. The Hall–Kier alpha value is -1.86. The van der Waals surface area contributed by atoms with Crippen LogP contribution in [0.4, 0.5) is 0 Å². The summed E-state index contributed by atoms with van der Waals surface area (Å²) in [5.74, 6) is 0. The third-order valence-corrected chi connectivity index (χ3v) is 5.31. The quantitative estimate of drug-likeness (QED) is 0.492. The Bertz CT molecular complexity index is 523. The number of nitrogens with two attached hydrogens (primary N) is 1. The van der Waals surface area contributed by atoms with Gasteiger partial charge < -0.3 is 10.3 Å². The maximum atomic E-state index is 13.0. The first kappa shape index (κ1) is 11.6. The highest BCUT2D eigenvalue weighted by Crippen LogP contribution is 2.42. The topological polar surface area (TPSA) is 66.9 Å². The molecule has 86 valence electrons. The lowest BCUT2D eigenvalue weighted by atomic mass is 10.4. The van der Waals surface area contributed by atoms with Crippen LogP contribution >= 0.6 is 7.14 Å². The lowest BCUT2D eigenvalue weighted by Crippen LogP contribution is -2.26. The highest BCUT2D eigenvalue weighted by atomic mass is 31.2. The van der Waals surface area contributed by atoms with Gasteiger partial charge in [0.1, 0.15) is 0 Å². The van der Waals surface area contributed by atoms with E-state index in [0.29, 0.717) is 10.6 Å². The highest BCUT2D eigenvalue weighted by molar-refractivity contribution is 7.93. The van der Waals surface area contributed by atoms with Crippen molar-refractivity contribution in [1.29, 1.82) is 5.41 Å². The Labute approximate surface area is 100 Å². The average molecular weight is 244 g/mol. The van der Waals surface area contributed by atoms with E-state index in [1.807, 2.05) is 12.1 Å². The highest BCUT2D eigenvalue weighted by Gasteiger charge is 2.30. The number of nitrogens with one attached hydrogen (secondary N) is 1. The fourth-order valence-electron chi connectivity index (χ4n) is 1.70. The van der Waals surface area contributed by atoms with Gasteiger partial charge in [0, 0.05) is 10.6 Å². The summed E-state index contributed by atoms with van der Waals surface area (Å²) in [6.45, 7) is 0. The maximum Gasteiger partial charge on any atom is 0.203 e. The van der Waals surface area contributed by atoms with Crippen LogP contribution < -0.4 is 16.3 Å². The molecule has 0 heterocycles. The van der Waals surface area contributed by atoms with Crippen LogP contribution in [0.2, 0.25) is 0 Å². The third-order valence-electron chi connectivity index (χ3n) is 2.58. The van der Waals surface area contributed by atoms with Gasteiger partial charge in [-0.1, -0.05) is 60.7 Å². The molecular weight excluding hydrogens is 231 g/mol. The summed E-state index contributed by atoms with van der Waals surface area (Å²) in [4.78, 5) is 0. The van der Waals surface area contributed by atoms with E-state index >= 15 is 0 Å². The molecule has 0 aliphatic carbocycles. The van der Waals surface area contributed by atoms with Crippen molar-refractivity contribution in [1.82, 2.24) is 0 Å². The average Bonchev–Trinajstić information content (AvgIpc) is 2.39. The third kappa shape index (κ3) is 2.02. The van der Waals surface area contributed by atoms with Crippen molar-refractivity contribution < 1.29 is 4.57 Å². The minimum absolute atomic E-state index is 0.282. The molecule has 4 heteroatoms. The SMILES string of the molecule is N=C(N)P(=O)(c1ccccc1)c1ccccc1. The van der Waals surface area contributed by atoms with Gasteiger partial charge in [-0.05, 0) is 0 Å². The van der Waals surface area contributed by atoms with Gasteiger partial charge in [0.2, 0.25) is 7.14 Å². The zero-order valence-electron chi connectivity index (χ0n) is 9.21. The van der Waals surface area contributed by atoms with Crippen LogP contribution in [0.15, 0.2) is 60.7 Å². The van der Waals surface area contributed by atoms with Gasteiger partial charge in [0.25, 0.3) is 0 Å². The molecule has 3 nitrogen and oxygen atoms in total. The van der Waals surface area contributed by atoms with Gasteiger partial charge in [0.05, 0.1) is 0 Å². The second-order valence-corrected chi connectivity index (χ2v) is 6.40. The van der Waals surface area contributed by atoms with Crippen molar-refractivity contribution in [2.45, 2.75) is 0 Å². The summed E-state index contributed by atoms with van der Waals surface area (Å²) in [5.41, 5.74) is 5.27. The molecule has 3 N–H and O–H groups in total. The van der Waals surface area contributed by atoms with Crippen molar-refractivity contribution in [3.05, 3.63) is 60.7 Å². The summed E-state index contributed by atoms with van der Waals surface area (Å²) in [6, 6.07) is 17.9. The largest absolute Gasteiger partial charge is 0.381 e. The minimum Gasteiger partial charge on any atom is -0.381 e. The van der Waals surface area contributed by atoms with Gasteiger partial charge in [-0.15, -0.1) is 0 Å². The zero-order valence-corrected chi connectivity index (χ0v) is 10.1. The normalized spacial score (nSPS) is 11.1. The van der Waals surface area contributed by atoms with Crippen LogP contribution in [0, 0.1) is 5.41 Å². The second-order valence-electron chi connectivity index (χ2n) is 3.67. The molecule has 0 aliphatic rings. The van der Waals surface area contributed by atoms with Crippen molar-refractivity contribution in [2.24, 2.45) is 5.73 Å². The first-order valence-electron chi connectivity index (χ1n) is 5.21. The Morgan fingerprint density at radius 3 is 1.53 bits per heavy atom. The number of benzene rings is 2. The smallest absolute Gasteiger partial charge is 0.203 e. The van der Waals surface area contributed by atoms with Gasteiger partial charge in [-0.25, -0.2) is 0 Å². The Morgan fingerprint density at radius 2 is 1.24 bits per heavy atom. The van der Waals surface area contributed by atoms with Crippen LogP contribution in [0.1, 0.15) is 0 Å². The van der Waals surface area contributed by atoms with Crippen molar-refractivity contribution in [3.8, 4) is 0 Å². The van der Waals surface area contributed by atoms with Crippen LogP contribution in [0.25, 0.3) is 0 Å². The van der Waals surface area contributed by atoms with E-state index in [1.54, 1.807) is 48.5 Å². The predicted molar refractivity (Wildman–Crippen MR) is 71.7 cm³/mol. The number of rotatable bonds is 3. The predicted octanol–water partition coefficient (Wildman–Crippen LogP) is 1.89. The van der Waals surface area contributed by atoms with Gasteiger partial charge in [0.15, 0.2) is 5.58 Å². The van der Waals surface area contributed by atoms with E-state index in [2.05, 4.69) is 0 Å². The molecule has 2 aromatic rings. The number of amidine groups is 1. The molecule has 17 heavy (non-hydrogen) atoms. The Morgan fingerprint density at radius 1 is 0.882 bits per heavy atom. The van der Waals surface area contributed by atoms with Gasteiger partial charge in [-0.3, -0.25) is 5.41 Å². The molecule has 0 unspecified atom stereocenters. The molecule has 0 aromatic heterocycles. The summed E-state index contributed by atoms with van der Waals surface area (Å²) in [7, 11) is -3.13. The van der Waals surface area contributed by atoms with Gasteiger partial charge in [-0.2, -0.15) is 0 Å². The summed E-state index contributed by atoms with van der Waals surface area (Å²) >= 11 is 0. The van der Waals surface area contributed by atoms with E-state index in [1.165, 1.54) is 0 Å². The molecule has 0 atom stereocenters. The summed E-state index contributed by atoms with van der Waals surface area (Å²) in [6.07, 6.45) is 0. The van der Waals surface area contributed by atoms with E-state index < -0.39 is 7.14 Å². The standard InChI is InChI=1S/C13H13N2OP/c14-13(15)17(16,11-7-3-1-4-8-11)12-9-5-2-6-10-12/h1-10H,(H3,14,15). The second kappa shape index (κ2) is 4.56. The lowest BCUT2D eigenvalue weighted by molar-refractivity contribution is 0.593. The van der Waals surface area contributed by atoms with Crippen LogP contribution in [-0.4, -0.2) is 5.58 Å². The molecule has 0 saturated carbocycles. The van der Waals surface area contributed by atoms with Crippen molar-refractivity contribution in [3.63, 3.8) is 0 Å². The summed E-state index contributed by atoms with van der Waals surface area (Å²) < 4.78 is 13.0. The fourth-order valence-corrected chi connectivity index (χ4v) is 3.74. The monoisotopic (exact) mass is 244 g/mol. The van der Waals surface area contributed by atoms with Crippen LogP contribution in [0.5, 0.6) is 0 Å². The number of hydrogen-bond donors (Lipinski definition) is 2. The zero-order chi connectivity index (χ0) is 12.3. The van der Waals surface area contributed by atoms with Crippen molar-refractivity contribution >= 4 is 23.3 Å². The van der Waals surface area contributed by atoms with E-state index in [-0.39, 0.29) is 5.58 Å². The molecule has 0 saturated heterocycles. The van der Waals surface area contributed by atoms with E-state index in [9.17, 15) is 4.57 Å². The molecule has 2 aromatic carbocycles. The van der Waals surface area contributed by atoms with E-state index in [4.69, 9.17) is 11.1 Å². The van der Waals surface area contributed by atoms with Crippen LogP contribution in [-0.2, 0) is 4.57 Å². The molecule has 2 rings (SSSR count). The minimum atomic E-state index is -3.13. The molecule has 0 radical (unpaired) electrons. The molecule has 0 spiro atoms. The first-order chi connectivity index (χ1) is 8.15. The molecule has 0 fully saturated rings. The molecule has 0 amide bonds. The van der Waals surface area contributed by atoms with E-state index in [0.717, 1.165) is 0 Å². The molecule has 0 aliphatic heterocycles. The molecule has 0 bridgehead atoms. The summed E-state index contributed by atoms with van der Waals surface area (Å²) in [5, 5.41) is 8.83.